The molecule has 0 aliphatic rings. The molecule has 2 aromatic rings. The third-order valence-electron chi connectivity index (χ3n) is 3.75. The number of pyridine rings is 1. The van der Waals surface area contributed by atoms with Gasteiger partial charge in [-0.1, -0.05) is 23.7 Å². The number of guanidine groups is 1. The van der Waals surface area contributed by atoms with E-state index in [1.165, 1.54) is 11.1 Å². The number of benzene rings is 1. The molecule has 0 saturated carbocycles. The minimum Gasteiger partial charge on any atom is -0.356 e. The van der Waals surface area contributed by atoms with Crippen LogP contribution in [0.25, 0.3) is 0 Å². The van der Waals surface area contributed by atoms with Crippen molar-refractivity contribution in [3.63, 3.8) is 0 Å². The normalized spacial score (nSPS) is 12.2. The highest BCUT2D eigenvalue weighted by Gasteiger charge is 2.08. The van der Waals surface area contributed by atoms with Crippen LogP contribution in [-0.4, -0.2) is 24.5 Å². The van der Waals surface area contributed by atoms with E-state index >= 15 is 0 Å². The second kappa shape index (κ2) is 10.5. The Morgan fingerprint density at radius 2 is 2.12 bits per heavy atom. The molecule has 1 heterocycles. The Morgan fingerprint density at radius 3 is 2.79 bits per heavy atom. The van der Waals surface area contributed by atoms with Gasteiger partial charge in [-0.15, -0.1) is 24.0 Å². The predicted octanol–water partition coefficient (Wildman–Crippen LogP) is 4.13. The Bertz CT molecular complexity index is 676. The Hall–Kier alpha value is -1.34. The van der Waals surface area contributed by atoms with Crippen LogP contribution in [0.5, 0.6) is 0 Å². The molecular weight excluding hydrogens is 435 g/mol. The minimum atomic E-state index is 0. The van der Waals surface area contributed by atoms with E-state index in [0.29, 0.717) is 0 Å². The molecule has 0 aliphatic carbocycles. The molecule has 2 rings (SSSR count). The number of aryl methyl sites for hydroxylation is 1. The van der Waals surface area contributed by atoms with E-state index in [2.05, 4.69) is 46.6 Å². The van der Waals surface area contributed by atoms with Crippen LogP contribution >= 0.6 is 35.6 Å². The third kappa shape index (κ3) is 6.28. The second-order valence-electron chi connectivity index (χ2n) is 5.47. The molecule has 0 aliphatic heterocycles. The molecule has 0 radical (unpaired) electrons. The molecule has 1 aromatic carbocycles. The lowest BCUT2D eigenvalue weighted by Crippen LogP contribution is -2.39. The van der Waals surface area contributed by atoms with Gasteiger partial charge in [0.25, 0.3) is 0 Å². The van der Waals surface area contributed by atoms with Crippen molar-refractivity contribution in [2.24, 2.45) is 4.99 Å². The standard InChI is InChI=1S/C18H23ClN4.HI/c1-13-12-21-9-7-15(13)8-10-22-18(20-3)23-14(2)16-5-4-6-17(19)11-16;/h4-7,9,11-12,14H,8,10H2,1-3H3,(H2,20,22,23);1H. The minimum absolute atomic E-state index is 0. The van der Waals surface area contributed by atoms with Gasteiger partial charge in [0, 0.05) is 31.0 Å². The molecule has 0 bridgehead atoms. The molecule has 4 nitrogen and oxygen atoms in total. The van der Waals surface area contributed by atoms with Crippen molar-refractivity contribution in [2.45, 2.75) is 26.3 Å². The van der Waals surface area contributed by atoms with E-state index in [1.807, 2.05) is 30.6 Å². The monoisotopic (exact) mass is 458 g/mol. The highest BCUT2D eigenvalue weighted by Crippen LogP contribution is 2.17. The zero-order chi connectivity index (χ0) is 16.7. The van der Waals surface area contributed by atoms with Gasteiger partial charge in [-0.2, -0.15) is 0 Å². The topological polar surface area (TPSA) is 49.3 Å². The first kappa shape index (κ1) is 20.7. The van der Waals surface area contributed by atoms with E-state index in [9.17, 15) is 0 Å². The molecule has 1 atom stereocenters. The maximum Gasteiger partial charge on any atom is 0.191 e. The van der Waals surface area contributed by atoms with Gasteiger partial charge in [0.1, 0.15) is 0 Å². The van der Waals surface area contributed by atoms with Crippen molar-refractivity contribution >= 4 is 41.5 Å². The summed E-state index contributed by atoms with van der Waals surface area (Å²) in [6.07, 6.45) is 4.65. The molecule has 0 saturated heterocycles. The van der Waals surface area contributed by atoms with Crippen LogP contribution in [0.4, 0.5) is 0 Å². The average Bonchev–Trinajstić information content (AvgIpc) is 2.55. The number of hydrogen-bond acceptors (Lipinski definition) is 2. The van der Waals surface area contributed by atoms with Crippen molar-refractivity contribution in [3.8, 4) is 0 Å². The zero-order valence-corrected chi connectivity index (χ0v) is 17.3. The van der Waals surface area contributed by atoms with Gasteiger partial charge in [-0.25, -0.2) is 0 Å². The first-order valence-electron chi connectivity index (χ1n) is 7.72. The maximum atomic E-state index is 6.05. The van der Waals surface area contributed by atoms with Crippen LogP contribution in [0.15, 0.2) is 47.7 Å². The molecule has 1 aromatic heterocycles. The zero-order valence-electron chi connectivity index (χ0n) is 14.2. The number of aliphatic imine (C=N–C) groups is 1. The van der Waals surface area contributed by atoms with Crippen molar-refractivity contribution in [1.29, 1.82) is 0 Å². The van der Waals surface area contributed by atoms with Crippen LogP contribution in [0.2, 0.25) is 5.02 Å². The van der Waals surface area contributed by atoms with Gasteiger partial charge in [0.15, 0.2) is 5.96 Å². The fourth-order valence-electron chi connectivity index (χ4n) is 2.36. The number of nitrogens with one attached hydrogen (secondary N) is 2. The number of hydrogen-bond donors (Lipinski definition) is 2. The van der Waals surface area contributed by atoms with E-state index in [0.717, 1.165) is 29.5 Å². The Balaban J connectivity index is 0.00000288. The summed E-state index contributed by atoms with van der Waals surface area (Å²) in [5.74, 6) is 0.782. The smallest absolute Gasteiger partial charge is 0.191 e. The molecule has 1 unspecified atom stereocenters. The van der Waals surface area contributed by atoms with Crippen LogP contribution in [0.3, 0.4) is 0 Å². The molecule has 6 heteroatoms. The molecule has 0 spiro atoms. The molecular formula is C18H24ClIN4. The summed E-state index contributed by atoms with van der Waals surface area (Å²) < 4.78 is 0. The Kier molecular flexibility index (Phi) is 9.07. The van der Waals surface area contributed by atoms with Crippen molar-refractivity contribution in [1.82, 2.24) is 15.6 Å². The summed E-state index contributed by atoms with van der Waals surface area (Å²) in [4.78, 5) is 8.40. The van der Waals surface area contributed by atoms with Crippen molar-refractivity contribution in [3.05, 3.63) is 64.4 Å². The number of nitrogens with zero attached hydrogens (tertiary/aromatic N) is 2. The summed E-state index contributed by atoms with van der Waals surface area (Å²) >= 11 is 6.05. The van der Waals surface area contributed by atoms with E-state index < -0.39 is 0 Å². The van der Waals surface area contributed by atoms with Gasteiger partial charge in [-0.05, 0) is 55.2 Å². The highest BCUT2D eigenvalue weighted by atomic mass is 127. The van der Waals surface area contributed by atoms with Crippen LogP contribution < -0.4 is 10.6 Å². The largest absolute Gasteiger partial charge is 0.356 e. The molecule has 130 valence electrons. The number of halogens is 2. The van der Waals surface area contributed by atoms with Gasteiger partial charge in [0.2, 0.25) is 0 Å². The lowest BCUT2D eigenvalue weighted by molar-refractivity contribution is 0.684. The van der Waals surface area contributed by atoms with Gasteiger partial charge >= 0.3 is 0 Å². The van der Waals surface area contributed by atoms with Gasteiger partial charge < -0.3 is 10.6 Å². The van der Waals surface area contributed by atoms with Crippen molar-refractivity contribution < 1.29 is 0 Å². The van der Waals surface area contributed by atoms with Crippen LogP contribution in [0, 0.1) is 6.92 Å². The summed E-state index contributed by atoms with van der Waals surface area (Å²) in [7, 11) is 1.78. The molecule has 0 fully saturated rings. The number of aromatic nitrogens is 1. The SMILES string of the molecule is CN=C(NCCc1ccncc1C)NC(C)c1cccc(Cl)c1.I. The lowest BCUT2D eigenvalue weighted by atomic mass is 10.1. The third-order valence-corrected chi connectivity index (χ3v) is 3.98. The van der Waals surface area contributed by atoms with Crippen LogP contribution in [0.1, 0.15) is 29.7 Å². The molecule has 24 heavy (non-hydrogen) atoms. The quantitative estimate of drug-likeness (QED) is 0.402. The number of rotatable bonds is 5. The van der Waals surface area contributed by atoms with Crippen molar-refractivity contribution in [2.75, 3.05) is 13.6 Å². The predicted molar refractivity (Wildman–Crippen MR) is 112 cm³/mol. The van der Waals surface area contributed by atoms with Gasteiger partial charge in [0.05, 0.1) is 6.04 Å². The summed E-state index contributed by atoms with van der Waals surface area (Å²) in [6, 6.07) is 10.0. The van der Waals surface area contributed by atoms with Crippen LogP contribution in [-0.2, 0) is 6.42 Å². The second-order valence-corrected chi connectivity index (χ2v) is 5.91. The molecule has 0 amide bonds. The fraction of sp³-hybridized carbons (Fsp3) is 0.333. The Labute approximate surface area is 166 Å². The van der Waals surface area contributed by atoms with E-state index in [-0.39, 0.29) is 30.0 Å². The average molecular weight is 459 g/mol. The highest BCUT2D eigenvalue weighted by molar-refractivity contribution is 14.0. The van der Waals surface area contributed by atoms with E-state index in [1.54, 1.807) is 7.05 Å². The van der Waals surface area contributed by atoms with Gasteiger partial charge in [-0.3, -0.25) is 9.98 Å². The maximum absolute atomic E-state index is 6.05. The summed E-state index contributed by atoms with van der Waals surface area (Å²) in [6.45, 7) is 4.98. The summed E-state index contributed by atoms with van der Waals surface area (Å²) in [5, 5.41) is 7.47. The fourth-order valence-corrected chi connectivity index (χ4v) is 2.56. The Morgan fingerprint density at radius 1 is 1.33 bits per heavy atom. The summed E-state index contributed by atoms with van der Waals surface area (Å²) in [5.41, 5.74) is 3.64. The van der Waals surface area contributed by atoms with E-state index in [4.69, 9.17) is 11.6 Å². The first-order valence-corrected chi connectivity index (χ1v) is 8.10. The lowest BCUT2D eigenvalue weighted by Gasteiger charge is -2.18. The first-order chi connectivity index (χ1) is 11.1. The molecule has 2 N–H and O–H groups in total.